The molecular weight excluding hydrogens is 208 g/mol. The van der Waals surface area contributed by atoms with E-state index in [1.807, 2.05) is 30.3 Å². The highest BCUT2D eigenvalue weighted by atomic mass is 16.4. The summed E-state index contributed by atoms with van der Waals surface area (Å²) < 4.78 is 0. The van der Waals surface area contributed by atoms with Crippen LogP contribution in [0.2, 0.25) is 0 Å². The molecule has 0 aliphatic heterocycles. The maximum absolute atomic E-state index is 9.29. The van der Waals surface area contributed by atoms with Gasteiger partial charge in [-0.05, 0) is 12.1 Å². The molecule has 1 aromatic carbocycles. The molecule has 0 saturated carbocycles. The van der Waals surface area contributed by atoms with E-state index in [4.69, 9.17) is 10.2 Å². The molecule has 0 fully saturated rings. The van der Waals surface area contributed by atoms with Gasteiger partial charge in [0.2, 0.25) is 0 Å². The first kappa shape index (κ1) is 12.6. The average molecular weight is 224 g/mol. The second-order valence-corrected chi connectivity index (χ2v) is 3.34. The fourth-order valence-electron chi connectivity index (χ4n) is 1.07. The summed E-state index contributed by atoms with van der Waals surface area (Å²) in [5, 5.41) is 30.8. The van der Waals surface area contributed by atoms with Crippen LogP contribution < -0.4 is 5.43 Å². The monoisotopic (exact) mass is 224 g/mol. The molecule has 1 rings (SSSR count). The summed E-state index contributed by atoms with van der Waals surface area (Å²) in [6.07, 6.45) is -0.479. The van der Waals surface area contributed by atoms with Crippen molar-refractivity contribution in [3.05, 3.63) is 30.3 Å². The van der Waals surface area contributed by atoms with E-state index in [0.717, 1.165) is 5.69 Å². The van der Waals surface area contributed by atoms with Crippen molar-refractivity contribution in [2.45, 2.75) is 18.6 Å². The zero-order valence-electron chi connectivity index (χ0n) is 8.82. The Kier molecular flexibility index (Phi) is 5.49. The van der Waals surface area contributed by atoms with Crippen LogP contribution in [0.4, 0.5) is 5.69 Å². The molecule has 5 nitrogen and oxygen atoms in total. The Morgan fingerprint density at radius 1 is 1.19 bits per heavy atom. The molecule has 0 aliphatic rings. The fourth-order valence-corrected chi connectivity index (χ4v) is 1.07. The molecule has 2 atom stereocenters. The van der Waals surface area contributed by atoms with E-state index in [-0.39, 0.29) is 6.42 Å². The highest BCUT2D eigenvalue weighted by Crippen LogP contribution is 2.04. The molecule has 0 saturated heterocycles. The summed E-state index contributed by atoms with van der Waals surface area (Å²) in [5.74, 6) is 0. The van der Waals surface area contributed by atoms with Gasteiger partial charge in [0.15, 0.2) is 0 Å². The Balaban J connectivity index is 2.28. The zero-order valence-corrected chi connectivity index (χ0v) is 8.82. The van der Waals surface area contributed by atoms with Crippen LogP contribution in [0.3, 0.4) is 0 Å². The van der Waals surface area contributed by atoms with Gasteiger partial charge >= 0.3 is 0 Å². The predicted octanol–water partition coefficient (Wildman–Crippen LogP) is 0.188. The van der Waals surface area contributed by atoms with Crippen LogP contribution in [-0.2, 0) is 0 Å². The number of anilines is 1. The van der Waals surface area contributed by atoms with E-state index >= 15 is 0 Å². The van der Waals surface area contributed by atoms with Gasteiger partial charge in [0.05, 0.1) is 18.4 Å². The van der Waals surface area contributed by atoms with Crippen LogP contribution in [0, 0.1) is 0 Å². The van der Waals surface area contributed by atoms with Gasteiger partial charge in [-0.1, -0.05) is 18.2 Å². The van der Waals surface area contributed by atoms with Crippen LogP contribution in [-0.4, -0.2) is 40.3 Å². The molecule has 2 unspecified atom stereocenters. The molecule has 0 heterocycles. The van der Waals surface area contributed by atoms with Crippen LogP contribution in [0.15, 0.2) is 35.4 Å². The molecule has 0 radical (unpaired) electrons. The lowest BCUT2D eigenvalue weighted by Gasteiger charge is -2.12. The summed E-state index contributed by atoms with van der Waals surface area (Å²) in [6.45, 7) is -0.457. The van der Waals surface area contributed by atoms with Crippen molar-refractivity contribution in [1.29, 1.82) is 0 Å². The second-order valence-electron chi connectivity index (χ2n) is 3.34. The smallest absolute Gasteiger partial charge is 0.103 e. The molecule has 4 N–H and O–H groups in total. The molecule has 16 heavy (non-hydrogen) atoms. The van der Waals surface area contributed by atoms with Gasteiger partial charge < -0.3 is 15.3 Å². The van der Waals surface area contributed by atoms with Gasteiger partial charge in [0.1, 0.15) is 6.10 Å². The summed E-state index contributed by atoms with van der Waals surface area (Å²) >= 11 is 0. The van der Waals surface area contributed by atoms with Crippen molar-refractivity contribution in [3.8, 4) is 0 Å². The number of aliphatic hydroxyl groups excluding tert-OH is 3. The van der Waals surface area contributed by atoms with E-state index in [1.54, 1.807) is 0 Å². The van der Waals surface area contributed by atoms with Crippen molar-refractivity contribution in [2.75, 3.05) is 12.0 Å². The number of benzene rings is 1. The predicted molar refractivity (Wildman–Crippen MR) is 62.3 cm³/mol. The molecular formula is C11H16N2O3. The molecule has 0 aromatic heterocycles. The number of hydrogen-bond donors (Lipinski definition) is 4. The number of para-hydroxylation sites is 1. The third kappa shape index (κ3) is 4.39. The minimum absolute atomic E-state index is 0.182. The molecule has 0 amide bonds. The number of nitrogens with zero attached hydrogens (tertiary/aromatic N) is 1. The van der Waals surface area contributed by atoms with Crippen LogP contribution >= 0.6 is 0 Å². The van der Waals surface area contributed by atoms with Gasteiger partial charge in [-0.25, -0.2) is 0 Å². The number of nitrogens with one attached hydrogen (secondary N) is 1. The van der Waals surface area contributed by atoms with E-state index in [2.05, 4.69) is 10.5 Å². The zero-order chi connectivity index (χ0) is 11.8. The molecule has 0 aliphatic carbocycles. The van der Waals surface area contributed by atoms with Gasteiger partial charge in [0, 0.05) is 12.6 Å². The van der Waals surface area contributed by atoms with Crippen molar-refractivity contribution < 1.29 is 15.3 Å². The normalized spacial score (nSPS) is 14.9. The number of rotatable bonds is 6. The first-order valence-electron chi connectivity index (χ1n) is 5.03. The lowest BCUT2D eigenvalue weighted by atomic mass is 10.2. The SMILES string of the molecule is OCC(O)C(O)CC=NNc1ccccc1. The first-order chi connectivity index (χ1) is 7.74. The quantitative estimate of drug-likeness (QED) is 0.410. The van der Waals surface area contributed by atoms with Gasteiger partial charge in [-0.2, -0.15) is 5.10 Å². The number of aliphatic hydroxyl groups is 3. The van der Waals surface area contributed by atoms with Crippen LogP contribution in [0.5, 0.6) is 0 Å². The third-order valence-electron chi connectivity index (χ3n) is 2.04. The van der Waals surface area contributed by atoms with Crippen molar-refractivity contribution in [3.63, 3.8) is 0 Å². The van der Waals surface area contributed by atoms with Crippen LogP contribution in [0.25, 0.3) is 0 Å². The van der Waals surface area contributed by atoms with Crippen LogP contribution in [0.1, 0.15) is 6.42 Å². The topological polar surface area (TPSA) is 85.1 Å². The summed E-state index contributed by atoms with van der Waals surface area (Å²) in [5.41, 5.74) is 3.61. The maximum atomic E-state index is 9.29. The average Bonchev–Trinajstić information content (AvgIpc) is 2.34. The van der Waals surface area contributed by atoms with E-state index in [9.17, 15) is 5.11 Å². The Labute approximate surface area is 94.1 Å². The minimum atomic E-state index is -1.12. The van der Waals surface area contributed by atoms with E-state index in [1.165, 1.54) is 6.21 Å². The summed E-state index contributed by atoms with van der Waals surface area (Å²) in [7, 11) is 0. The molecule has 1 aromatic rings. The number of hydrazone groups is 1. The molecule has 88 valence electrons. The first-order valence-corrected chi connectivity index (χ1v) is 5.03. The summed E-state index contributed by atoms with van der Waals surface area (Å²) in [6, 6.07) is 9.37. The minimum Gasteiger partial charge on any atom is -0.394 e. The highest BCUT2D eigenvalue weighted by Gasteiger charge is 2.12. The van der Waals surface area contributed by atoms with Gasteiger partial charge in [-0.3, -0.25) is 5.43 Å². The maximum Gasteiger partial charge on any atom is 0.103 e. The lowest BCUT2D eigenvalue weighted by Crippen LogP contribution is -2.29. The highest BCUT2D eigenvalue weighted by molar-refractivity contribution is 5.60. The van der Waals surface area contributed by atoms with Crippen molar-refractivity contribution in [1.82, 2.24) is 0 Å². The Morgan fingerprint density at radius 3 is 2.50 bits per heavy atom. The standard InChI is InChI=1S/C11H16N2O3/c14-8-11(16)10(15)6-7-12-13-9-4-2-1-3-5-9/h1-5,7,10-11,13-16H,6,8H2. The molecule has 0 spiro atoms. The second kappa shape index (κ2) is 6.95. The van der Waals surface area contributed by atoms with E-state index < -0.39 is 18.8 Å². The largest absolute Gasteiger partial charge is 0.394 e. The summed E-state index contributed by atoms with van der Waals surface area (Å²) in [4.78, 5) is 0. The van der Waals surface area contributed by atoms with Gasteiger partial charge in [-0.15, -0.1) is 0 Å². The molecule has 0 bridgehead atoms. The fraction of sp³-hybridized carbons (Fsp3) is 0.364. The Morgan fingerprint density at radius 2 is 1.88 bits per heavy atom. The van der Waals surface area contributed by atoms with Crippen molar-refractivity contribution >= 4 is 11.9 Å². The Bertz CT molecular complexity index is 316. The third-order valence-corrected chi connectivity index (χ3v) is 2.04. The Hall–Kier alpha value is -1.43. The molecule has 5 heteroatoms. The van der Waals surface area contributed by atoms with Crippen molar-refractivity contribution in [2.24, 2.45) is 5.10 Å². The van der Waals surface area contributed by atoms with E-state index in [0.29, 0.717) is 0 Å². The lowest BCUT2D eigenvalue weighted by molar-refractivity contribution is -0.00945. The number of hydrogen-bond acceptors (Lipinski definition) is 5. The van der Waals surface area contributed by atoms with Gasteiger partial charge in [0.25, 0.3) is 0 Å².